The van der Waals surface area contributed by atoms with Gasteiger partial charge in [-0.1, -0.05) is 0 Å². The summed E-state index contributed by atoms with van der Waals surface area (Å²) in [6.07, 6.45) is 6.80. The standard InChI is InChI=1S/C11H7ClN6S/c12-9-15-10(18-7-1-4-14-18)17-11(16-9)19-8-2-5-13-6-3-8/h1-7H. The van der Waals surface area contributed by atoms with E-state index in [0.29, 0.717) is 11.1 Å². The van der Waals surface area contributed by atoms with E-state index in [2.05, 4.69) is 25.0 Å². The Morgan fingerprint density at radius 3 is 2.63 bits per heavy atom. The van der Waals surface area contributed by atoms with Gasteiger partial charge in [0, 0.05) is 29.7 Å². The summed E-state index contributed by atoms with van der Waals surface area (Å²) in [5, 5.41) is 4.71. The second-order valence-electron chi connectivity index (χ2n) is 3.42. The highest BCUT2D eigenvalue weighted by Crippen LogP contribution is 2.24. The van der Waals surface area contributed by atoms with Crippen molar-refractivity contribution in [3.8, 4) is 5.95 Å². The summed E-state index contributed by atoms with van der Waals surface area (Å²) in [5.74, 6) is 0.390. The first-order valence-electron chi connectivity index (χ1n) is 5.31. The molecule has 8 heteroatoms. The number of nitrogens with zero attached hydrogens (tertiary/aromatic N) is 6. The van der Waals surface area contributed by atoms with Crippen LogP contribution in [0.3, 0.4) is 0 Å². The van der Waals surface area contributed by atoms with Crippen molar-refractivity contribution < 1.29 is 0 Å². The zero-order chi connectivity index (χ0) is 13.1. The van der Waals surface area contributed by atoms with E-state index < -0.39 is 0 Å². The van der Waals surface area contributed by atoms with E-state index in [1.165, 1.54) is 16.4 Å². The molecule has 0 amide bonds. The third-order valence-corrected chi connectivity index (χ3v) is 3.19. The normalized spacial score (nSPS) is 10.6. The highest BCUT2D eigenvalue weighted by molar-refractivity contribution is 7.99. The number of hydrogen-bond donors (Lipinski definition) is 0. The molecule has 0 unspecified atom stereocenters. The Hall–Kier alpha value is -1.99. The van der Waals surface area contributed by atoms with Gasteiger partial charge in [-0.25, -0.2) is 4.68 Å². The van der Waals surface area contributed by atoms with Crippen molar-refractivity contribution in [1.82, 2.24) is 29.7 Å². The van der Waals surface area contributed by atoms with Crippen LogP contribution in [0.4, 0.5) is 0 Å². The maximum atomic E-state index is 5.90. The van der Waals surface area contributed by atoms with Gasteiger partial charge in [-0.15, -0.1) is 0 Å². The molecule has 3 aromatic rings. The molecule has 0 aliphatic carbocycles. The van der Waals surface area contributed by atoms with Crippen LogP contribution in [0, 0.1) is 0 Å². The SMILES string of the molecule is Clc1nc(Sc2ccncc2)nc(-n2cccn2)n1. The quantitative estimate of drug-likeness (QED) is 0.737. The molecule has 0 spiro atoms. The molecule has 0 aromatic carbocycles. The predicted octanol–water partition coefficient (Wildman–Crippen LogP) is 2.26. The van der Waals surface area contributed by atoms with Gasteiger partial charge >= 0.3 is 0 Å². The smallest absolute Gasteiger partial charge is 0.255 e. The van der Waals surface area contributed by atoms with Gasteiger partial charge in [-0.2, -0.15) is 20.1 Å². The lowest BCUT2D eigenvalue weighted by atomic mass is 10.5. The van der Waals surface area contributed by atoms with Crippen molar-refractivity contribution >= 4 is 23.4 Å². The van der Waals surface area contributed by atoms with Crippen LogP contribution >= 0.6 is 23.4 Å². The molecule has 0 aliphatic rings. The van der Waals surface area contributed by atoms with E-state index in [-0.39, 0.29) is 5.28 Å². The number of rotatable bonds is 3. The lowest BCUT2D eigenvalue weighted by Crippen LogP contribution is -2.04. The fourth-order valence-electron chi connectivity index (χ4n) is 1.37. The Morgan fingerprint density at radius 2 is 1.89 bits per heavy atom. The van der Waals surface area contributed by atoms with Crippen molar-refractivity contribution in [1.29, 1.82) is 0 Å². The molecule has 0 fully saturated rings. The van der Waals surface area contributed by atoms with Crippen molar-refractivity contribution in [2.75, 3.05) is 0 Å². The first-order chi connectivity index (χ1) is 9.31. The van der Waals surface area contributed by atoms with Gasteiger partial charge in [0.2, 0.25) is 5.28 Å². The largest absolute Gasteiger partial charge is 0.265 e. The van der Waals surface area contributed by atoms with Gasteiger partial charge in [0.25, 0.3) is 5.95 Å². The minimum absolute atomic E-state index is 0.136. The molecule has 0 bridgehead atoms. The maximum Gasteiger partial charge on any atom is 0.255 e. The zero-order valence-electron chi connectivity index (χ0n) is 9.51. The molecule has 6 nitrogen and oxygen atoms in total. The van der Waals surface area contributed by atoms with Crippen LogP contribution in [0.15, 0.2) is 53.0 Å². The summed E-state index contributed by atoms with van der Waals surface area (Å²) in [6.45, 7) is 0. The predicted molar refractivity (Wildman–Crippen MR) is 70.3 cm³/mol. The molecule has 3 aromatic heterocycles. The third kappa shape index (κ3) is 2.88. The van der Waals surface area contributed by atoms with Crippen LogP contribution in [0.2, 0.25) is 5.28 Å². The van der Waals surface area contributed by atoms with Crippen molar-refractivity contribution in [3.63, 3.8) is 0 Å². The average molecular weight is 291 g/mol. The van der Waals surface area contributed by atoms with Gasteiger partial charge in [-0.05, 0) is 41.6 Å². The lowest BCUT2D eigenvalue weighted by molar-refractivity contribution is 0.759. The monoisotopic (exact) mass is 290 g/mol. The highest BCUT2D eigenvalue weighted by atomic mass is 35.5. The van der Waals surface area contributed by atoms with Crippen LogP contribution in [-0.2, 0) is 0 Å². The Labute approximate surface area is 117 Å². The summed E-state index contributed by atoms with van der Waals surface area (Å²) < 4.78 is 1.53. The third-order valence-electron chi connectivity index (χ3n) is 2.14. The van der Waals surface area contributed by atoms with Crippen LogP contribution in [0.5, 0.6) is 0 Å². The molecule has 19 heavy (non-hydrogen) atoms. The minimum Gasteiger partial charge on any atom is -0.265 e. The van der Waals surface area contributed by atoms with E-state index in [1.807, 2.05) is 12.1 Å². The minimum atomic E-state index is 0.136. The summed E-state index contributed by atoms with van der Waals surface area (Å²) in [6, 6.07) is 5.53. The molecule has 0 N–H and O–H groups in total. The van der Waals surface area contributed by atoms with Crippen molar-refractivity contribution in [2.45, 2.75) is 10.1 Å². The number of aromatic nitrogens is 6. The second-order valence-corrected chi connectivity index (χ2v) is 4.80. The summed E-state index contributed by atoms with van der Waals surface area (Å²) >= 11 is 7.29. The molecular weight excluding hydrogens is 284 g/mol. The molecule has 0 saturated carbocycles. The Kier molecular flexibility index (Phi) is 3.39. The molecule has 94 valence electrons. The molecule has 0 atom stereocenters. The lowest BCUT2D eigenvalue weighted by Gasteiger charge is -2.03. The summed E-state index contributed by atoms with van der Waals surface area (Å²) in [7, 11) is 0. The zero-order valence-corrected chi connectivity index (χ0v) is 11.1. The Bertz CT molecular complexity index is 673. The average Bonchev–Trinajstić information content (AvgIpc) is 2.93. The maximum absolute atomic E-state index is 5.90. The van der Waals surface area contributed by atoms with Crippen LogP contribution < -0.4 is 0 Å². The highest BCUT2D eigenvalue weighted by Gasteiger charge is 2.08. The van der Waals surface area contributed by atoms with Gasteiger partial charge < -0.3 is 0 Å². The van der Waals surface area contributed by atoms with Crippen molar-refractivity contribution in [2.24, 2.45) is 0 Å². The van der Waals surface area contributed by atoms with Gasteiger partial charge in [0.1, 0.15) is 0 Å². The first kappa shape index (κ1) is 12.1. The second kappa shape index (κ2) is 5.33. The van der Waals surface area contributed by atoms with Gasteiger partial charge in [-0.3, -0.25) is 4.98 Å². The molecule has 0 radical (unpaired) electrons. The fourth-order valence-corrected chi connectivity index (χ4v) is 2.30. The van der Waals surface area contributed by atoms with Gasteiger partial charge in [0.15, 0.2) is 5.16 Å². The van der Waals surface area contributed by atoms with Crippen LogP contribution in [-0.4, -0.2) is 29.7 Å². The Morgan fingerprint density at radius 1 is 1.05 bits per heavy atom. The topological polar surface area (TPSA) is 69.4 Å². The summed E-state index contributed by atoms with van der Waals surface area (Å²) in [4.78, 5) is 17.4. The molecule has 0 aliphatic heterocycles. The fraction of sp³-hybridized carbons (Fsp3) is 0. The van der Waals surface area contributed by atoms with E-state index in [1.54, 1.807) is 30.9 Å². The number of halogens is 1. The number of pyridine rings is 1. The molecular formula is C11H7ClN6S. The number of hydrogen-bond acceptors (Lipinski definition) is 6. The van der Waals surface area contributed by atoms with Crippen molar-refractivity contribution in [3.05, 3.63) is 48.3 Å². The van der Waals surface area contributed by atoms with E-state index in [4.69, 9.17) is 11.6 Å². The Balaban J connectivity index is 1.94. The summed E-state index contributed by atoms with van der Waals surface area (Å²) in [5.41, 5.74) is 0. The van der Waals surface area contributed by atoms with Crippen LogP contribution in [0.25, 0.3) is 5.95 Å². The van der Waals surface area contributed by atoms with E-state index in [0.717, 1.165) is 4.90 Å². The molecule has 3 heterocycles. The van der Waals surface area contributed by atoms with E-state index >= 15 is 0 Å². The first-order valence-corrected chi connectivity index (χ1v) is 6.50. The molecule has 3 rings (SSSR count). The van der Waals surface area contributed by atoms with E-state index in [9.17, 15) is 0 Å². The van der Waals surface area contributed by atoms with Crippen LogP contribution in [0.1, 0.15) is 0 Å². The molecule has 0 saturated heterocycles. The van der Waals surface area contributed by atoms with Gasteiger partial charge in [0.05, 0.1) is 0 Å².